The first-order valence-electron chi connectivity index (χ1n) is 5.97. The maximum absolute atomic E-state index is 11.2. The van der Waals surface area contributed by atoms with Crippen LogP contribution < -0.4 is 0 Å². The van der Waals surface area contributed by atoms with Crippen molar-refractivity contribution in [3.63, 3.8) is 0 Å². The van der Waals surface area contributed by atoms with Crippen LogP contribution in [-0.2, 0) is 19.1 Å². The predicted octanol–water partition coefficient (Wildman–Crippen LogP) is 2.09. The molecule has 0 heterocycles. The van der Waals surface area contributed by atoms with Crippen LogP contribution in [0.15, 0.2) is 12.2 Å². The van der Waals surface area contributed by atoms with Crippen LogP contribution in [0.5, 0.6) is 0 Å². The normalized spacial score (nSPS) is 12.2. The van der Waals surface area contributed by atoms with Gasteiger partial charge in [-0.3, -0.25) is 0 Å². The van der Waals surface area contributed by atoms with Crippen LogP contribution >= 0.6 is 0 Å². The van der Waals surface area contributed by atoms with Gasteiger partial charge >= 0.3 is 11.9 Å². The SMILES string of the molecule is C#CC(C)OC(=O)/C=C/C(=O)OCCCC(C)C. The summed E-state index contributed by atoms with van der Waals surface area (Å²) in [5, 5.41) is 0. The van der Waals surface area contributed by atoms with Gasteiger partial charge in [-0.1, -0.05) is 19.8 Å². The summed E-state index contributed by atoms with van der Waals surface area (Å²) in [4.78, 5) is 22.3. The topological polar surface area (TPSA) is 52.6 Å². The zero-order chi connectivity index (χ0) is 14.0. The van der Waals surface area contributed by atoms with Crippen LogP contribution in [0.25, 0.3) is 0 Å². The van der Waals surface area contributed by atoms with E-state index < -0.39 is 18.0 Å². The second-order valence-electron chi connectivity index (χ2n) is 4.28. The van der Waals surface area contributed by atoms with Crippen molar-refractivity contribution in [2.24, 2.45) is 5.92 Å². The van der Waals surface area contributed by atoms with Crippen molar-refractivity contribution in [3.05, 3.63) is 12.2 Å². The van der Waals surface area contributed by atoms with E-state index in [0.29, 0.717) is 12.5 Å². The highest BCUT2D eigenvalue weighted by Crippen LogP contribution is 2.03. The lowest BCUT2D eigenvalue weighted by atomic mass is 10.1. The van der Waals surface area contributed by atoms with Gasteiger partial charge in [-0.15, -0.1) is 6.42 Å². The molecule has 0 aliphatic carbocycles. The third-order valence-electron chi connectivity index (χ3n) is 2.05. The van der Waals surface area contributed by atoms with Crippen molar-refractivity contribution in [3.8, 4) is 12.3 Å². The lowest BCUT2D eigenvalue weighted by Crippen LogP contribution is -2.11. The Bertz CT molecular complexity index is 336. The van der Waals surface area contributed by atoms with Crippen LogP contribution in [0.4, 0.5) is 0 Å². The van der Waals surface area contributed by atoms with Crippen molar-refractivity contribution in [2.45, 2.75) is 39.7 Å². The van der Waals surface area contributed by atoms with E-state index in [1.54, 1.807) is 6.92 Å². The van der Waals surface area contributed by atoms with Gasteiger partial charge in [0.25, 0.3) is 0 Å². The predicted molar refractivity (Wildman–Crippen MR) is 68.6 cm³/mol. The van der Waals surface area contributed by atoms with Gasteiger partial charge in [-0.2, -0.15) is 0 Å². The summed E-state index contributed by atoms with van der Waals surface area (Å²) in [5.74, 6) is 1.62. The summed E-state index contributed by atoms with van der Waals surface area (Å²) in [5.41, 5.74) is 0. The Balaban J connectivity index is 3.80. The number of carbonyl (C=O) groups excluding carboxylic acids is 2. The third kappa shape index (κ3) is 9.46. The molecule has 0 radical (unpaired) electrons. The molecule has 0 spiro atoms. The molecule has 0 saturated carbocycles. The van der Waals surface area contributed by atoms with Crippen LogP contribution in [0.2, 0.25) is 0 Å². The van der Waals surface area contributed by atoms with Gasteiger partial charge in [-0.05, 0) is 25.7 Å². The molecule has 100 valence electrons. The highest BCUT2D eigenvalue weighted by atomic mass is 16.5. The Kier molecular flexibility index (Phi) is 8.38. The van der Waals surface area contributed by atoms with E-state index in [1.807, 2.05) is 0 Å². The average molecular weight is 252 g/mol. The van der Waals surface area contributed by atoms with E-state index in [2.05, 4.69) is 19.8 Å². The highest BCUT2D eigenvalue weighted by Gasteiger charge is 2.04. The minimum absolute atomic E-state index is 0.358. The van der Waals surface area contributed by atoms with Gasteiger partial charge in [0.2, 0.25) is 0 Å². The number of esters is 2. The molecule has 0 N–H and O–H groups in total. The lowest BCUT2D eigenvalue weighted by molar-refractivity contribution is -0.141. The van der Waals surface area contributed by atoms with E-state index in [4.69, 9.17) is 15.9 Å². The fourth-order valence-electron chi connectivity index (χ4n) is 1.10. The number of terminal acetylenes is 1. The van der Waals surface area contributed by atoms with Crippen molar-refractivity contribution >= 4 is 11.9 Å². The van der Waals surface area contributed by atoms with Crippen LogP contribution in [0, 0.1) is 18.3 Å². The molecule has 0 amide bonds. The first-order chi connectivity index (χ1) is 8.45. The molecule has 0 aromatic heterocycles. The summed E-state index contributed by atoms with van der Waals surface area (Å²) < 4.78 is 9.64. The van der Waals surface area contributed by atoms with Crippen LogP contribution in [-0.4, -0.2) is 24.6 Å². The molecule has 0 aliphatic heterocycles. The Hall–Kier alpha value is -1.76. The highest BCUT2D eigenvalue weighted by molar-refractivity contribution is 5.91. The zero-order valence-electron chi connectivity index (χ0n) is 11.1. The summed E-state index contributed by atoms with van der Waals surface area (Å²) >= 11 is 0. The molecule has 0 bridgehead atoms. The number of carbonyl (C=O) groups is 2. The van der Waals surface area contributed by atoms with Crippen molar-refractivity contribution in [2.75, 3.05) is 6.61 Å². The number of hydrogen-bond donors (Lipinski definition) is 0. The van der Waals surface area contributed by atoms with E-state index in [-0.39, 0.29) is 0 Å². The monoisotopic (exact) mass is 252 g/mol. The summed E-state index contributed by atoms with van der Waals surface area (Å²) in [6, 6.07) is 0. The maximum Gasteiger partial charge on any atom is 0.332 e. The smallest absolute Gasteiger partial charge is 0.332 e. The molecule has 4 nitrogen and oxygen atoms in total. The number of hydrogen-bond acceptors (Lipinski definition) is 4. The van der Waals surface area contributed by atoms with Crippen LogP contribution in [0.1, 0.15) is 33.6 Å². The molecule has 0 aliphatic rings. The molecule has 18 heavy (non-hydrogen) atoms. The zero-order valence-corrected chi connectivity index (χ0v) is 11.1. The minimum atomic E-state index is -0.653. The summed E-state index contributed by atoms with van der Waals surface area (Å²) in [7, 11) is 0. The quantitative estimate of drug-likeness (QED) is 0.301. The molecule has 0 aromatic rings. The van der Waals surface area contributed by atoms with Crippen LogP contribution in [0.3, 0.4) is 0 Å². The second-order valence-corrected chi connectivity index (χ2v) is 4.28. The third-order valence-corrected chi connectivity index (χ3v) is 2.05. The van der Waals surface area contributed by atoms with E-state index in [0.717, 1.165) is 25.0 Å². The van der Waals surface area contributed by atoms with Crippen molar-refractivity contribution in [1.29, 1.82) is 0 Å². The Labute approximate surface area is 108 Å². The first kappa shape index (κ1) is 16.2. The molecule has 4 heteroatoms. The largest absolute Gasteiger partial charge is 0.463 e. The van der Waals surface area contributed by atoms with E-state index in [9.17, 15) is 9.59 Å². The molecular formula is C14H20O4. The minimum Gasteiger partial charge on any atom is -0.463 e. The Morgan fingerprint density at radius 2 is 1.83 bits per heavy atom. The maximum atomic E-state index is 11.2. The molecule has 0 rings (SSSR count). The molecule has 0 saturated heterocycles. The lowest BCUT2D eigenvalue weighted by Gasteiger charge is -2.05. The van der Waals surface area contributed by atoms with E-state index in [1.165, 1.54) is 0 Å². The molecular weight excluding hydrogens is 232 g/mol. The molecule has 0 fully saturated rings. The van der Waals surface area contributed by atoms with Gasteiger partial charge < -0.3 is 9.47 Å². The molecule has 0 aromatic carbocycles. The number of rotatable bonds is 7. The van der Waals surface area contributed by atoms with Gasteiger partial charge in [-0.25, -0.2) is 9.59 Å². The standard InChI is InChI=1S/C14H20O4/c1-5-12(4)18-14(16)9-8-13(15)17-10-6-7-11(2)3/h1,8-9,11-12H,6-7,10H2,2-4H3/b9-8+. The Morgan fingerprint density at radius 3 is 2.39 bits per heavy atom. The molecule has 1 unspecified atom stereocenters. The Morgan fingerprint density at radius 1 is 1.22 bits per heavy atom. The van der Waals surface area contributed by atoms with E-state index >= 15 is 0 Å². The number of ether oxygens (including phenoxy) is 2. The fraction of sp³-hybridized carbons (Fsp3) is 0.571. The van der Waals surface area contributed by atoms with Gasteiger partial charge in [0, 0.05) is 12.2 Å². The average Bonchev–Trinajstić information content (AvgIpc) is 2.31. The van der Waals surface area contributed by atoms with Gasteiger partial charge in [0.15, 0.2) is 6.10 Å². The van der Waals surface area contributed by atoms with Crippen molar-refractivity contribution in [1.82, 2.24) is 0 Å². The fourth-order valence-corrected chi connectivity index (χ4v) is 1.10. The van der Waals surface area contributed by atoms with Crippen molar-refractivity contribution < 1.29 is 19.1 Å². The van der Waals surface area contributed by atoms with Gasteiger partial charge in [0.05, 0.1) is 6.61 Å². The molecule has 1 atom stereocenters. The first-order valence-corrected chi connectivity index (χ1v) is 5.97. The summed E-state index contributed by atoms with van der Waals surface area (Å²) in [6.07, 6.45) is 8.30. The second kappa shape index (κ2) is 9.29. The summed E-state index contributed by atoms with van der Waals surface area (Å²) in [6.45, 7) is 6.13. The van der Waals surface area contributed by atoms with Gasteiger partial charge in [0.1, 0.15) is 0 Å².